The van der Waals surface area contributed by atoms with E-state index in [4.69, 9.17) is 15.6 Å². The molecule has 108 valence electrons. The monoisotopic (exact) mass is 270 g/mol. The van der Waals surface area contributed by atoms with Gasteiger partial charge in [-0.25, -0.2) is 0 Å². The van der Waals surface area contributed by atoms with Crippen molar-refractivity contribution in [3.8, 4) is 0 Å². The Labute approximate surface area is 113 Å². The van der Waals surface area contributed by atoms with E-state index in [1.54, 1.807) is 0 Å². The van der Waals surface area contributed by atoms with E-state index < -0.39 is 0 Å². The van der Waals surface area contributed by atoms with Crippen molar-refractivity contribution in [3.63, 3.8) is 0 Å². The molecule has 0 bridgehead atoms. The Hall–Kier alpha value is -1.67. The van der Waals surface area contributed by atoms with E-state index in [-0.39, 0.29) is 12.6 Å². The van der Waals surface area contributed by atoms with Crippen molar-refractivity contribution < 1.29 is 9.84 Å². The molecule has 1 rings (SSSR count). The summed E-state index contributed by atoms with van der Waals surface area (Å²) < 4.78 is 5.13. The predicted octanol–water partition coefficient (Wildman–Crippen LogP) is -0.279. The zero-order valence-electron chi connectivity index (χ0n) is 11.5. The number of aliphatic hydroxyl groups is 1. The second kappa shape index (κ2) is 8.44. The molecule has 1 aromatic rings. The molecule has 0 aliphatic heterocycles. The number of aromatic nitrogens is 3. The summed E-state index contributed by atoms with van der Waals surface area (Å²) in [5.74, 6) is 1.19. The lowest BCUT2D eigenvalue weighted by Crippen LogP contribution is -2.25. The molecule has 1 aromatic heterocycles. The summed E-state index contributed by atoms with van der Waals surface area (Å²) in [6.45, 7) is 7.01. The van der Waals surface area contributed by atoms with Gasteiger partial charge in [0.25, 0.3) is 0 Å². The number of rotatable bonds is 9. The van der Waals surface area contributed by atoms with Gasteiger partial charge in [0.1, 0.15) is 0 Å². The van der Waals surface area contributed by atoms with Gasteiger partial charge in [-0.05, 0) is 13.8 Å². The summed E-state index contributed by atoms with van der Waals surface area (Å²) in [4.78, 5) is 14.4. The average Bonchev–Trinajstić information content (AvgIpc) is 2.39. The fourth-order valence-electron chi connectivity index (χ4n) is 1.51. The van der Waals surface area contributed by atoms with Crippen LogP contribution >= 0.6 is 0 Å². The van der Waals surface area contributed by atoms with E-state index in [1.165, 1.54) is 0 Å². The second-order valence-electron chi connectivity index (χ2n) is 3.75. The molecule has 0 atom stereocenters. The van der Waals surface area contributed by atoms with Crippen molar-refractivity contribution in [2.75, 3.05) is 55.4 Å². The summed E-state index contributed by atoms with van der Waals surface area (Å²) in [5, 5.41) is 11.6. The van der Waals surface area contributed by atoms with Crippen molar-refractivity contribution in [1.82, 2.24) is 15.0 Å². The van der Waals surface area contributed by atoms with E-state index in [0.29, 0.717) is 31.7 Å². The van der Waals surface area contributed by atoms with Crippen LogP contribution in [-0.2, 0) is 4.74 Å². The predicted molar refractivity (Wildman–Crippen MR) is 74.2 cm³/mol. The van der Waals surface area contributed by atoms with Gasteiger partial charge in [0.2, 0.25) is 17.8 Å². The largest absolute Gasteiger partial charge is 0.394 e. The smallest absolute Gasteiger partial charge is 0.231 e. The maximum absolute atomic E-state index is 8.57. The molecule has 0 aromatic carbocycles. The van der Waals surface area contributed by atoms with Gasteiger partial charge in [0.15, 0.2) is 0 Å². The molecule has 0 radical (unpaired) electrons. The molecule has 0 fully saturated rings. The highest BCUT2D eigenvalue weighted by molar-refractivity contribution is 5.41. The number of hydrogen-bond acceptors (Lipinski definition) is 8. The van der Waals surface area contributed by atoms with Gasteiger partial charge >= 0.3 is 0 Å². The molecule has 0 aliphatic carbocycles. The first-order chi connectivity index (χ1) is 9.21. The van der Waals surface area contributed by atoms with Crippen LogP contribution < -0.4 is 16.0 Å². The van der Waals surface area contributed by atoms with E-state index in [0.717, 1.165) is 13.1 Å². The Morgan fingerprint density at radius 1 is 1.21 bits per heavy atom. The third-order valence-corrected chi connectivity index (χ3v) is 2.45. The zero-order chi connectivity index (χ0) is 14.1. The van der Waals surface area contributed by atoms with E-state index >= 15 is 0 Å². The van der Waals surface area contributed by atoms with Crippen LogP contribution in [0.25, 0.3) is 0 Å². The van der Waals surface area contributed by atoms with E-state index in [9.17, 15) is 0 Å². The van der Waals surface area contributed by atoms with Gasteiger partial charge in [-0.1, -0.05) is 0 Å². The highest BCUT2D eigenvalue weighted by Gasteiger charge is 2.09. The topological polar surface area (TPSA) is 109 Å². The number of nitrogens with zero attached hydrogens (tertiary/aromatic N) is 4. The number of nitrogens with one attached hydrogen (secondary N) is 1. The van der Waals surface area contributed by atoms with Gasteiger partial charge in [-0.3, -0.25) is 0 Å². The molecule has 4 N–H and O–H groups in total. The fourth-order valence-corrected chi connectivity index (χ4v) is 1.51. The minimum atomic E-state index is 0.0187. The van der Waals surface area contributed by atoms with Gasteiger partial charge < -0.3 is 25.8 Å². The molecule has 0 unspecified atom stereocenters. The summed E-state index contributed by atoms with van der Waals surface area (Å²) >= 11 is 0. The number of nitrogen functional groups attached to an aromatic ring is 1. The lowest BCUT2D eigenvalue weighted by molar-refractivity contribution is 0.0991. The van der Waals surface area contributed by atoms with Crippen LogP contribution in [-0.4, -0.2) is 59.5 Å². The Morgan fingerprint density at radius 3 is 2.58 bits per heavy atom. The third kappa shape index (κ3) is 5.23. The van der Waals surface area contributed by atoms with Crippen molar-refractivity contribution in [2.24, 2.45) is 0 Å². The summed E-state index contributed by atoms with van der Waals surface area (Å²) in [5.41, 5.74) is 5.67. The summed E-state index contributed by atoms with van der Waals surface area (Å²) in [6, 6.07) is 0. The van der Waals surface area contributed by atoms with Crippen molar-refractivity contribution in [1.29, 1.82) is 0 Å². The third-order valence-electron chi connectivity index (χ3n) is 2.45. The van der Waals surface area contributed by atoms with Crippen LogP contribution in [0.3, 0.4) is 0 Å². The molecule has 0 saturated heterocycles. The molecule has 0 spiro atoms. The van der Waals surface area contributed by atoms with Gasteiger partial charge in [0.05, 0.1) is 19.8 Å². The molecular formula is C11H22N6O2. The van der Waals surface area contributed by atoms with Crippen LogP contribution in [0.4, 0.5) is 17.8 Å². The van der Waals surface area contributed by atoms with E-state index in [2.05, 4.69) is 20.3 Å². The van der Waals surface area contributed by atoms with Crippen LogP contribution in [0.2, 0.25) is 0 Å². The molecule has 0 aliphatic rings. The molecule has 8 nitrogen and oxygen atoms in total. The lowest BCUT2D eigenvalue weighted by Gasteiger charge is -2.19. The Morgan fingerprint density at radius 2 is 1.95 bits per heavy atom. The molecule has 1 heterocycles. The van der Waals surface area contributed by atoms with Crippen molar-refractivity contribution >= 4 is 17.8 Å². The molecule has 8 heteroatoms. The Kier molecular flexibility index (Phi) is 6.83. The molecular weight excluding hydrogens is 248 g/mol. The summed E-state index contributed by atoms with van der Waals surface area (Å²) in [7, 11) is 0. The van der Waals surface area contributed by atoms with Gasteiger partial charge in [-0.15, -0.1) is 0 Å². The minimum Gasteiger partial charge on any atom is -0.394 e. The first-order valence-electron chi connectivity index (χ1n) is 6.40. The first kappa shape index (κ1) is 15.4. The molecule has 0 saturated carbocycles. The quantitative estimate of drug-likeness (QED) is 0.526. The number of hydrogen-bond donors (Lipinski definition) is 3. The highest BCUT2D eigenvalue weighted by atomic mass is 16.5. The molecule has 0 amide bonds. The normalized spacial score (nSPS) is 10.5. The van der Waals surface area contributed by atoms with E-state index in [1.807, 2.05) is 18.7 Å². The van der Waals surface area contributed by atoms with Crippen molar-refractivity contribution in [3.05, 3.63) is 0 Å². The number of nitrogens with two attached hydrogens (primary N) is 1. The lowest BCUT2D eigenvalue weighted by atomic mass is 10.5. The van der Waals surface area contributed by atoms with Crippen LogP contribution in [0.1, 0.15) is 13.8 Å². The van der Waals surface area contributed by atoms with Crippen molar-refractivity contribution in [2.45, 2.75) is 13.8 Å². The number of ether oxygens (including phenoxy) is 1. The number of aliphatic hydroxyl groups excluding tert-OH is 1. The van der Waals surface area contributed by atoms with Gasteiger partial charge in [-0.2, -0.15) is 15.0 Å². The Balaban J connectivity index is 2.58. The fraction of sp³-hybridized carbons (Fsp3) is 0.727. The maximum Gasteiger partial charge on any atom is 0.231 e. The molecule has 19 heavy (non-hydrogen) atoms. The number of anilines is 3. The summed E-state index contributed by atoms with van der Waals surface area (Å²) in [6.07, 6.45) is 0. The zero-order valence-corrected chi connectivity index (χ0v) is 11.5. The Bertz CT molecular complexity index is 372. The van der Waals surface area contributed by atoms with Crippen LogP contribution in [0, 0.1) is 0 Å². The SMILES string of the molecule is CCN(CC)c1nc(N)nc(NCCOCCO)n1. The highest BCUT2D eigenvalue weighted by Crippen LogP contribution is 2.11. The first-order valence-corrected chi connectivity index (χ1v) is 6.40. The van der Waals surface area contributed by atoms with Crippen LogP contribution in [0.5, 0.6) is 0 Å². The van der Waals surface area contributed by atoms with Crippen LogP contribution in [0.15, 0.2) is 0 Å². The minimum absolute atomic E-state index is 0.0187. The average molecular weight is 270 g/mol. The standard InChI is InChI=1S/C11H22N6O2/c1-3-17(4-2)11-15-9(12)14-10(16-11)13-5-7-19-8-6-18/h18H,3-8H2,1-2H3,(H3,12,13,14,15,16). The van der Waals surface area contributed by atoms with Gasteiger partial charge in [0, 0.05) is 19.6 Å². The maximum atomic E-state index is 8.57. The second-order valence-corrected chi connectivity index (χ2v) is 3.75.